The van der Waals surface area contributed by atoms with E-state index in [0.717, 1.165) is 12.8 Å². The molecule has 1 aliphatic rings. The van der Waals surface area contributed by atoms with Crippen LogP contribution in [0.25, 0.3) is 0 Å². The van der Waals surface area contributed by atoms with Gasteiger partial charge in [-0.1, -0.05) is 81.4 Å². The molecule has 0 spiro atoms. The van der Waals surface area contributed by atoms with Crippen LogP contribution in [-0.4, -0.2) is 20.7 Å². The minimum absolute atomic E-state index is 0.0253. The third-order valence-corrected chi connectivity index (χ3v) is 10.1. The van der Waals surface area contributed by atoms with Crippen LogP contribution < -0.4 is 10.4 Å². The van der Waals surface area contributed by atoms with Crippen molar-refractivity contribution in [2.24, 2.45) is 5.92 Å². The van der Waals surface area contributed by atoms with E-state index in [-0.39, 0.29) is 11.0 Å². The molecule has 3 rings (SSSR count). The van der Waals surface area contributed by atoms with Gasteiger partial charge < -0.3 is 4.43 Å². The normalized spacial score (nSPS) is 18.3. The summed E-state index contributed by atoms with van der Waals surface area (Å²) in [5.74, 6) is 0.444. The maximum Gasteiger partial charge on any atom is 0.261 e. The topological polar surface area (TPSA) is 26.3 Å². The minimum Gasteiger partial charge on any atom is -0.407 e. The molecule has 0 aromatic heterocycles. The highest BCUT2D eigenvalue weighted by molar-refractivity contribution is 6.99. The van der Waals surface area contributed by atoms with Crippen molar-refractivity contribution in [1.29, 1.82) is 0 Å². The summed E-state index contributed by atoms with van der Waals surface area (Å²) in [4.78, 5) is 11.8. The molecule has 0 bridgehead atoms. The predicted molar refractivity (Wildman–Crippen MR) is 101 cm³/mol. The van der Waals surface area contributed by atoms with Crippen LogP contribution in [0.5, 0.6) is 0 Å². The van der Waals surface area contributed by atoms with Gasteiger partial charge in [0, 0.05) is 18.9 Å². The molecule has 2 nitrogen and oxygen atoms in total. The summed E-state index contributed by atoms with van der Waals surface area (Å²) < 4.78 is 6.76. The van der Waals surface area contributed by atoms with E-state index in [1.807, 2.05) is 12.1 Å². The van der Waals surface area contributed by atoms with E-state index in [1.165, 1.54) is 10.4 Å². The molecular weight excluding hydrogens is 312 g/mol. The van der Waals surface area contributed by atoms with Gasteiger partial charge in [-0.15, -0.1) is 0 Å². The average molecular weight is 339 g/mol. The lowest BCUT2D eigenvalue weighted by molar-refractivity contribution is -0.130. The summed E-state index contributed by atoms with van der Waals surface area (Å²) in [5, 5.41) is 2.52. The Morgan fingerprint density at radius 3 is 1.79 bits per heavy atom. The number of hydrogen-bond donors (Lipinski definition) is 0. The van der Waals surface area contributed by atoms with Crippen LogP contribution in [-0.2, 0) is 9.22 Å². The quantitative estimate of drug-likeness (QED) is 0.780. The van der Waals surface area contributed by atoms with Gasteiger partial charge in [-0.05, 0) is 21.8 Å². The monoisotopic (exact) mass is 338 g/mol. The molecule has 1 saturated carbocycles. The van der Waals surface area contributed by atoms with E-state index < -0.39 is 8.32 Å². The second kappa shape index (κ2) is 6.65. The summed E-state index contributed by atoms with van der Waals surface area (Å²) in [6.07, 6.45) is 1.69. The van der Waals surface area contributed by atoms with Crippen molar-refractivity contribution in [3.05, 3.63) is 60.7 Å². The number of rotatable bonds is 5. The number of carbonyl (C=O) groups excluding carboxylic acids is 1. The third-order valence-electron chi connectivity index (χ3n) is 5.11. The van der Waals surface area contributed by atoms with Gasteiger partial charge in [0.2, 0.25) is 0 Å². The van der Waals surface area contributed by atoms with Gasteiger partial charge in [-0.25, -0.2) is 0 Å². The Morgan fingerprint density at radius 2 is 1.46 bits per heavy atom. The maximum absolute atomic E-state index is 11.8. The van der Waals surface area contributed by atoms with Crippen molar-refractivity contribution < 1.29 is 9.22 Å². The average Bonchev–Trinajstić information content (AvgIpc) is 2.58. The highest BCUT2D eigenvalue weighted by atomic mass is 28.4. The molecule has 0 aliphatic heterocycles. The van der Waals surface area contributed by atoms with Crippen LogP contribution >= 0.6 is 0 Å². The zero-order chi connectivity index (χ0) is 17.2. The summed E-state index contributed by atoms with van der Waals surface area (Å²) in [5.41, 5.74) is 0. The molecule has 3 heteroatoms. The molecule has 0 amide bonds. The Labute approximate surface area is 146 Å². The molecular formula is C21H26O2Si. The van der Waals surface area contributed by atoms with E-state index in [1.54, 1.807) is 0 Å². The van der Waals surface area contributed by atoms with E-state index in [4.69, 9.17) is 4.43 Å². The Balaban J connectivity index is 2.08. The molecule has 0 radical (unpaired) electrons. The summed E-state index contributed by atoms with van der Waals surface area (Å²) in [6.45, 7) is 7.34. The molecule has 24 heavy (non-hydrogen) atoms. The van der Waals surface area contributed by atoms with Crippen LogP contribution in [0.4, 0.5) is 0 Å². The zero-order valence-corrected chi connectivity index (χ0v) is 15.8. The fraction of sp³-hybridized carbons (Fsp3) is 0.381. The van der Waals surface area contributed by atoms with E-state index in [9.17, 15) is 4.79 Å². The van der Waals surface area contributed by atoms with Gasteiger partial charge in [0.15, 0.2) is 0 Å². The van der Waals surface area contributed by atoms with Gasteiger partial charge in [0.1, 0.15) is 5.78 Å². The van der Waals surface area contributed by atoms with Crippen LogP contribution in [0.2, 0.25) is 5.04 Å². The fourth-order valence-electron chi connectivity index (χ4n) is 3.63. The van der Waals surface area contributed by atoms with Crippen LogP contribution in [0.1, 0.15) is 33.6 Å². The predicted octanol–water partition coefficient (Wildman–Crippen LogP) is 3.54. The molecule has 2 aromatic carbocycles. The first-order valence-corrected chi connectivity index (χ1v) is 10.6. The SMILES string of the molecule is CC(C)(C)[Si](OC[C@@H]1CCC1=O)(c1ccccc1)c1ccccc1. The van der Waals surface area contributed by atoms with E-state index >= 15 is 0 Å². The first-order chi connectivity index (χ1) is 11.4. The van der Waals surface area contributed by atoms with Crippen molar-refractivity contribution >= 4 is 24.5 Å². The highest BCUT2D eigenvalue weighted by Gasteiger charge is 2.50. The minimum atomic E-state index is -2.48. The molecule has 0 unspecified atom stereocenters. The molecule has 1 aliphatic carbocycles. The molecule has 0 heterocycles. The standard InChI is InChI=1S/C21H26O2Si/c1-21(2,3)24(18-10-6-4-7-11-18,19-12-8-5-9-13-19)23-16-17-14-15-20(17)22/h4-13,17H,14-16H2,1-3H3/t17-/m0/s1. The van der Waals surface area contributed by atoms with Crippen LogP contribution in [0, 0.1) is 5.92 Å². The van der Waals surface area contributed by atoms with Gasteiger partial charge in [-0.2, -0.15) is 0 Å². The maximum atomic E-state index is 11.8. The Kier molecular flexibility index (Phi) is 4.75. The zero-order valence-electron chi connectivity index (χ0n) is 14.8. The second-order valence-electron chi connectivity index (χ2n) is 7.68. The summed E-state index contributed by atoms with van der Waals surface area (Å²) in [6, 6.07) is 21.2. The first kappa shape index (κ1) is 17.1. The van der Waals surface area contributed by atoms with Crippen molar-refractivity contribution in [1.82, 2.24) is 0 Å². The van der Waals surface area contributed by atoms with Crippen molar-refractivity contribution in [2.45, 2.75) is 38.7 Å². The lowest BCUT2D eigenvalue weighted by Gasteiger charge is -2.44. The highest BCUT2D eigenvalue weighted by Crippen LogP contribution is 2.37. The van der Waals surface area contributed by atoms with Gasteiger partial charge in [-0.3, -0.25) is 4.79 Å². The lowest BCUT2D eigenvalue weighted by atomic mass is 9.85. The molecule has 1 atom stereocenters. The van der Waals surface area contributed by atoms with Gasteiger partial charge >= 0.3 is 0 Å². The Bertz CT molecular complexity index is 649. The van der Waals surface area contributed by atoms with E-state index in [0.29, 0.717) is 12.4 Å². The van der Waals surface area contributed by atoms with Gasteiger partial charge in [0.25, 0.3) is 8.32 Å². The summed E-state index contributed by atoms with van der Waals surface area (Å²) >= 11 is 0. The van der Waals surface area contributed by atoms with Crippen molar-refractivity contribution in [2.75, 3.05) is 6.61 Å². The summed E-state index contributed by atoms with van der Waals surface area (Å²) in [7, 11) is -2.48. The second-order valence-corrected chi connectivity index (χ2v) is 12.0. The molecule has 0 N–H and O–H groups in total. The number of carbonyl (C=O) groups is 1. The largest absolute Gasteiger partial charge is 0.407 e. The van der Waals surface area contributed by atoms with Crippen molar-refractivity contribution in [3.8, 4) is 0 Å². The first-order valence-electron chi connectivity index (χ1n) is 8.73. The van der Waals surface area contributed by atoms with Crippen LogP contribution in [0.3, 0.4) is 0 Å². The number of Topliss-reactive ketones (excluding diaryl/α,β-unsaturated/α-hetero) is 1. The third kappa shape index (κ3) is 2.98. The lowest BCUT2D eigenvalue weighted by Crippen LogP contribution is -2.67. The molecule has 126 valence electrons. The van der Waals surface area contributed by atoms with Gasteiger partial charge in [0.05, 0.1) is 0 Å². The number of ketones is 1. The molecule has 1 fully saturated rings. The number of hydrogen-bond acceptors (Lipinski definition) is 2. The molecule has 2 aromatic rings. The van der Waals surface area contributed by atoms with Crippen molar-refractivity contribution in [3.63, 3.8) is 0 Å². The fourth-order valence-corrected chi connectivity index (χ4v) is 8.24. The molecule has 0 saturated heterocycles. The van der Waals surface area contributed by atoms with Crippen LogP contribution in [0.15, 0.2) is 60.7 Å². The van der Waals surface area contributed by atoms with E-state index in [2.05, 4.69) is 69.3 Å². The number of benzene rings is 2. The Morgan fingerprint density at radius 1 is 0.958 bits per heavy atom. The Hall–Kier alpha value is -1.71. The smallest absolute Gasteiger partial charge is 0.261 e.